The maximum absolute atomic E-state index is 12.4. The molecule has 0 aromatic heterocycles. The fourth-order valence-corrected chi connectivity index (χ4v) is 2.79. The van der Waals surface area contributed by atoms with Crippen LogP contribution in [0.3, 0.4) is 0 Å². The summed E-state index contributed by atoms with van der Waals surface area (Å²) in [7, 11) is 1.90. The normalized spacial score (nSPS) is 21.8. The SMILES string of the molecule is C[C@H]1C[C@@H](C(=O)N(C)CCCOc2ccccc2)CCN1. The van der Waals surface area contributed by atoms with Crippen molar-refractivity contribution in [1.29, 1.82) is 0 Å². The van der Waals surface area contributed by atoms with Gasteiger partial charge in [0.2, 0.25) is 5.91 Å². The van der Waals surface area contributed by atoms with Crippen LogP contribution in [-0.4, -0.2) is 43.6 Å². The molecule has 1 aromatic carbocycles. The highest BCUT2D eigenvalue weighted by Crippen LogP contribution is 2.18. The monoisotopic (exact) mass is 290 g/mol. The maximum atomic E-state index is 12.4. The molecule has 1 aliphatic heterocycles. The summed E-state index contributed by atoms with van der Waals surface area (Å²) in [5.41, 5.74) is 0. The van der Waals surface area contributed by atoms with Crippen LogP contribution in [0.5, 0.6) is 5.75 Å². The Labute approximate surface area is 127 Å². The van der Waals surface area contributed by atoms with E-state index in [9.17, 15) is 4.79 Å². The lowest BCUT2D eigenvalue weighted by molar-refractivity contribution is -0.135. The molecule has 1 heterocycles. The van der Waals surface area contributed by atoms with E-state index in [4.69, 9.17) is 4.74 Å². The van der Waals surface area contributed by atoms with Crippen molar-refractivity contribution in [2.75, 3.05) is 26.7 Å². The largest absolute Gasteiger partial charge is 0.494 e. The zero-order valence-corrected chi connectivity index (χ0v) is 13.0. The van der Waals surface area contributed by atoms with E-state index in [1.54, 1.807) is 0 Å². The molecule has 0 radical (unpaired) electrons. The summed E-state index contributed by atoms with van der Waals surface area (Å²) in [6.45, 7) is 4.49. The molecule has 2 rings (SSSR count). The minimum Gasteiger partial charge on any atom is -0.494 e. The Hall–Kier alpha value is -1.55. The molecule has 1 saturated heterocycles. The van der Waals surface area contributed by atoms with E-state index in [0.29, 0.717) is 12.6 Å². The van der Waals surface area contributed by atoms with Gasteiger partial charge in [0.05, 0.1) is 6.61 Å². The topological polar surface area (TPSA) is 41.6 Å². The average molecular weight is 290 g/mol. The number of carbonyl (C=O) groups is 1. The molecule has 1 amide bonds. The van der Waals surface area contributed by atoms with Gasteiger partial charge in [-0.05, 0) is 44.9 Å². The highest BCUT2D eigenvalue weighted by Gasteiger charge is 2.26. The molecule has 1 N–H and O–H groups in total. The van der Waals surface area contributed by atoms with Gasteiger partial charge in [-0.15, -0.1) is 0 Å². The van der Waals surface area contributed by atoms with E-state index in [-0.39, 0.29) is 11.8 Å². The lowest BCUT2D eigenvalue weighted by Gasteiger charge is -2.30. The summed E-state index contributed by atoms with van der Waals surface area (Å²) < 4.78 is 5.65. The van der Waals surface area contributed by atoms with Crippen molar-refractivity contribution in [3.63, 3.8) is 0 Å². The highest BCUT2D eigenvalue weighted by molar-refractivity contribution is 5.78. The molecule has 2 atom stereocenters. The number of nitrogens with zero attached hydrogens (tertiary/aromatic N) is 1. The first-order valence-corrected chi connectivity index (χ1v) is 7.83. The molecule has 21 heavy (non-hydrogen) atoms. The molecule has 1 aromatic rings. The number of benzene rings is 1. The number of amides is 1. The molecule has 4 heteroatoms. The van der Waals surface area contributed by atoms with Crippen LogP contribution >= 0.6 is 0 Å². The molecule has 0 aliphatic carbocycles. The fourth-order valence-electron chi connectivity index (χ4n) is 2.79. The standard InChI is InChI=1S/C17H26N2O2/c1-14-13-15(9-10-18-14)17(20)19(2)11-6-12-21-16-7-4-3-5-8-16/h3-5,7-8,14-15,18H,6,9-13H2,1-2H3/t14-,15-/m0/s1. The molecule has 0 unspecified atom stereocenters. The third-order valence-electron chi connectivity index (χ3n) is 4.00. The molecule has 0 bridgehead atoms. The second kappa shape index (κ2) is 8.03. The second-order valence-corrected chi connectivity index (χ2v) is 5.85. The lowest BCUT2D eigenvalue weighted by atomic mass is 9.92. The Balaban J connectivity index is 1.66. The number of nitrogens with one attached hydrogen (secondary N) is 1. The van der Waals surface area contributed by atoms with Crippen LogP contribution in [0.1, 0.15) is 26.2 Å². The van der Waals surface area contributed by atoms with Gasteiger partial charge in [0.15, 0.2) is 0 Å². The van der Waals surface area contributed by atoms with E-state index < -0.39 is 0 Å². The first kappa shape index (κ1) is 15.8. The number of piperidine rings is 1. The van der Waals surface area contributed by atoms with Crippen LogP contribution in [0.2, 0.25) is 0 Å². The van der Waals surface area contributed by atoms with Gasteiger partial charge in [-0.1, -0.05) is 18.2 Å². The van der Waals surface area contributed by atoms with Crippen LogP contribution in [0.4, 0.5) is 0 Å². The summed E-state index contributed by atoms with van der Waals surface area (Å²) in [6, 6.07) is 10.2. The Morgan fingerprint density at radius 3 is 2.86 bits per heavy atom. The number of carbonyl (C=O) groups excluding carboxylic acids is 1. The summed E-state index contributed by atoms with van der Waals surface area (Å²) in [4.78, 5) is 14.2. The Kier molecular flexibility index (Phi) is 6.05. The van der Waals surface area contributed by atoms with E-state index in [1.165, 1.54) is 0 Å². The molecule has 4 nitrogen and oxygen atoms in total. The van der Waals surface area contributed by atoms with Gasteiger partial charge in [-0.25, -0.2) is 0 Å². The van der Waals surface area contributed by atoms with Crippen molar-refractivity contribution >= 4 is 5.91 Å². The number of ether oxygens (including phenoxy) is 1. The fraction of sp³-hybridized carbons (Fsp3) is 0.588. The van der Waals surface area contributed by atoms with Gasteiger partial charge in [0.1, 0.15) is 5.75 Å². The van der Waals surface area contributed by atoms with Gasteiger partial charge in [0.25, 0.3) is 0 Å². The maximum Gasteiger partial charge on any atom is 0.225 e. The molecule has 0 saturated carbocycles. The van der Waals surface area contributed by atoms with Gasteiger partial charge >= 0.3 is 0 Å². The van der Waals surface area contributed by atoms with E-state index in [1.807, 2.05) is 42.3 Å². The first-order chi connectivity index (χ1) is 10.2. The first-order valence-electron chi connectivity index (χ1n) is 7.83. The summed E-state index contributed by atoms with van der Waals surface area (Å²) in [5, 5.41) is 3.39. The summed E-state index contributed by atoms with van der Waals surface area (Å²) in [6.07, 6.45) is 2.76. The lowest BCUT2D eigenvalue weighted by Crippen LogP contribution is -2.43. The van der Waals surface area contributed by atoms with Crippen LogP contribution in [0.15, 0.2) is 30.3 Å². The highest BCUT2D eigenvalue weighted by atomic mass is 16.5. The predicted molar refractivity (Wildman–Crippen MR) is 84.4 cm³/mol. The van der Waals surface area contributed by atoms with Crippen molar-refractivity contribution in [3.05, 3.63) is 30.3 Å². The van der Waals surface area contributed by atoms with Crippen LogP contribution in [0, 0.1) is 5.92 Å². The van der Waals surface area contributed by atoms with Crippen molar-refractivity contribution in [1.82, 2.24) is 10.2 Å². The van der Waals surface area contributed by atoms with E-state index >= 15 is 0 Å². The average Bonchev–Trinajstić information content (AvgIpc) is 2.51. The van der Waals surface area contributed by atoms with Crippen molar-refractivity contribution in [3.8, 4) is 5.75 Å². The molecule has 1 aliphatic rings. The molecular weight excluding hydrogens is 264 g/mol. The molecule has 0 spiro atoms. The van der Waals surface area contributed by atoms with Gasteiger partial charge in [-0.3, -0.25) is 4.79 Å². The number of rotatable bonds is 6. The zero-order valence-electron chi connectivity index (χ0n) is 13.0. The Morgan fingerprint density at radius 2 is 2.14 bits per heavy atom. The summed E-state index contributed by atoms with van der Waals surface area (Å²) >= 11 is 0. The van der Waals surface area contributed by atoms with Crippen LogP contribution in [-0.2, 0) is 4.79 Å². The third kappa shape index (κ3) is 5.05. The number of hydrogen-bond acceptors (Lipinski definition) is 3. The Morgan fingerprint density at radius 1 is 1.38 bits per heavy atom. The zero-order chi connectivity index (χ0) is 15.1. The molecular formula is C17H26N2O2. The third-order valence-corrected chi connectivity index (χ3v) is 4.00. The predicted octanol–water partition coefficient (Wildman–Crippen LogP) is 2.30. The molecule has 1 fully saturated rings. The van der Waals surface area contributed by atoms with Gasteiger partial charge < -0.3 is 15.0 Å². The van der Waals surface area contributed by atoms with Crippen LogP contribution < -0.4 is 10.1 Å². The summed E-state index contributed by atoms with van der Waals surface area (Å²) in [5.74, 6) is 1.35. The minimum atomic E-state index is 0.182. The van der Waals surface area contributed by atoms with E-state index in [2.05, 4.69) is 12.2 Å². The Bertz CT molecular complexity index is 436. The number of hydrogen-bond donors (Lipinski definition) is 1. The van der Waals surface area contributed by atoms with Gasteiger partial charge in [-0.2, -0.15) is 0 Å². The van der Waals surface area contributed by atoms with Crippen molar-refractivity contribution < 1.29 is 9.53 Å². The van der Waals surface area contributed by atoms with Crippen molar-refractivity contribution in [2.45, 2.75) is 32.2 Å². The van der Waals surface area contributed by atoms with E-state index in [0.717, 1.165) is 38.1 Å². The minimum absolute atomic E-state index is 0.182. The quantitative estimate of drug-likeness (QED) is 0.817. The van der Waals surface area contributed by atoms with Gasteiger partial charge in [0, 0.05) is 25.6 Å². The van der Waals surface area contributed by atoms with Crippen molar-refractivity contribution in [2.24, 2.45) is 5.92 Å². The van der Waals surface area contributed by atoms with Crippen LogP contribution in [0.25, 0.3) is 0 Å². The number of para-hydroxylation sites is 1. The second-order valence-electron chi connectivity index (χ2n) is 5.85. The molecule has 116 valence electrons. The smallest absolute Gasteiger partial charge is 0.225 e.